The second-order valence-electron chi connectivity index (χ2n) is 3.79. The fraction of sp³-hybridized carbons (Fsp3) is 0.0833. The molecule has 0 saturated heterocycles. The van der Waals surface area contributed by atoms with Crippen molar-refractivity contribution in [2.45, 2.75) is 0 Å². The molecule has 2 aromatic rings. The fourth-order valence-electron chi connectivity index (χ4n) is 1.64. The maximum atomic E-state index is 13.8. The van der Waals surface area contributed by atoms with Gasteiger partial charge < -0.3 is 15.8 Å². The van der Waals surface area contributed by atoms with E-state index in [2.05, 4.69) is 15.5 Å². The highest BCUT2D eigenvalue weighted by molar-refractivity contribution is 7.80. The Morgan fingerprint density at radius 1 is 1.55 bits per heavy atom. The molecular formula is C12H11FN4O2S. The summed E-state index contributed by atoms with van der Waals surface area (Å²) in [6, 6.07) is 4.10. The molecular weight excluding hydrogens is 283 g/mol. The number of nitrogens with one attached hydrogen (secondary N) is 2. The number of nitrogens with zero attached hydrogens (tertiary/aromatic N) is 1. The molecule has 0 aliphatic carbocycles. The van der Waals surface area contributed by atoms with Gasteiger partial charge in [0.2, 0.25) is 0 Å². The molecule has 1 heterocycles. The van der Waals surface area contributed by atoms with Crippen molar-refractivity contribution >= 4 is 28.9 Å². The van der Waals surface area contributed by atoms with Gasteiger partial charge >= 0.3 is 0 Å². The summed E-state index contributed by atoms with van der Waals surface area (Å²) >= 11 is 4.81. The molecule has 0 atom stereocenters. The number of aromatic nitrogens is 2. The van der Waals surface area contributed by atoms with E-state index in [0.29, 0.717) is 5.56 Å². The lowest BCUT2D eigenvalue weighted by Crippen LogP contribution is -2.18. The summed E-state index contributed by atoms with van der Waals surface area (Å²) in [4.78, 5) is 12.2. The fourth-order valence-corrected chi connectivity index (χ4v) is 1.79. The number of carbonyl (C=O) groups excluding carboxylic acids is 1. The van der Waals surface area contributed by atoms with Crippen molar-refractivity contribution < 1.29 is 13.9 Å². The van der Waals surface area contributed by atoms with E-state index in [1.165, 1.54) is 31.5 Å². The second-order valence-corrected chi connectivity index (χ2v) is 4.23. The summed E-state index contributed by atoms with van der Waals surface area (Å²) in [7, 11) is 1.35. The highest BCUT2D eigenvalue weighted by Crippen LogP contribution is 2.22. The van der Waals surface area contributed by atoms with E-state index in [1.54, 1.807) is 0 Å². The van der Waals surface area contributed by atoms with Crippen LogP contribution >= 0.6 is 12.2 Å². The van der Waals surface area contributed by atoms with Gasteiger partial charge in [0, 0.05) is 0 Å². The van der Waals surface area contributed by atoms with Crippen LogP contribution in [-0.2, 0) is 0 Å². The predicted octanol–water partition coefficient (Wildman–Crippen LogP) is 1.44. The summed E-state index contributed by atoms with van der Waals surface area (Å²) in [6.45, 7) is 0. The molecule has 0 bridgehead atoms. The van der Waals surface area contributed by atoms with Crippen LogP contribution in [0, 0.1) is 5.82 Å². The first kappa shape index (κ1) is 13.9. The third-order valence-corrected chi connectivity index (χ3v) is 2.79. The van der Waals surface area contributed by atoms with Crippen molar-refractivity contribution in [1.82, 2.24) is 10.2 Å². The number of aromatic amines is 1. The van der Waals surface area contributed by atoms with Gasteiger partial charge in [0.25, 0.3) is 5.91 Å². The Morgan fingerprint density at radius 2 is 2.30 bits per heavy atom. The molecule has 0 fully saturated rings. The molecule has 8 heteroatoms. The zero-order valence-electron chi connectivity index (χ0n) is 10.4. The third kappa shape index (κ3) is 2.59. The summed E-state index contributed by atoms with van der Waals surface area (Å²) < 4.78 is 18.7. The van der Waals surface area contributed by atoms with E-state index in [-0.39, 0.29) is 22.1 Å². The van der Waals surface area contributed by atoms with Gasteiger partial charge in [-0.2, -0.15) is 5.10 Å². The van der Waals surface area contributed by atoms with Gasteiger partial charge in [-0.15, -0.1) is 0 Å². The van der Waals surface area contributed by atoms with Crippen molar-refractivity contribution in [3.8, 4) is 5.75 Å². The van der Waals surface area contributed by atoms with Crippen LogP contribution in [0.25, 0.3) is 0 Å². The first-order chi connectivity index (χ1) is 9.54. The van der Waals surface area contributed by atoms with Crippen LogP contribution in [-0.4, -0.2) is 28.2 Å². The zero-order chi connectivity index (χ0) is 14.7. The molecule has 6 nitrogen and oxygen atoms in total. The Hall–Kier alpha value is -2.48. The Morgan fingerprint density at radius 3 is 2.95 bits per heavy atom. The van der Waals surface area contributed by atoms with Gasteiger partial charge in [0.1, 0.15) is 27.9 Å². The molecule has 20 heavy (non-hydrogen) atoms. The molecule has 0 saturated carbocycles. The van der Waals surface area contributed by atoms with Crippen LogP contribution in [0.1, 0.15) is 15.9 Å². The maximum Gasteiger partial charge on any atom is 0.263 e. The van der Waals surface area contributed by atoms with E-state index in [0.717, 1.165) is 0 Å². The molecule has 1 aromatic carbocycles. The van der Waals surface area contributed by atoms with Crippen LogP contribution < -0.4 is 15.8 Å². The van der Waals surface area contributed by atoms with Crippen molar-refractivity contribution in [3.05, 3.63) is 41.3 Å². The number of anilines is 1. The molecule has 0 radical (unpaired) electrons. The average molecular weight is 294 g/mol. The van der Waals surface area contributed by atoms with Gasteiger partial charge in [-0.1, -0.05) is 18.3 Å². The molecule has 4 N–H and O–H groups in total. The van der Waals surface area contributed by atoms with Gasteiger partial charge in [0.05, 0.1) is 18.9 Å². The lowest BCUT2D eigenvalue weighted by Gasteiger charge is -2.09. The van der Waals surface area contributed by atoms with Crippen LogP contribution in [0.2, 0.25) is 0 Å². The quantitative estimate of drug-likeness (QED) is 0.742. The highest BCUT2D eigenvalue weighted by atomic mass is 32.1. The molecule has 0 unspecified atom stereocenters. The minimum Gasteiger partial charge on any atom is -0.496 e. The van der Waals surface area contributed by atoms with Crippen LogP contribution in [0.15, 0.2) is 24.4 Å². The molecule has 0 aliphatic heterocycles. The number of ether oxygens (including phenoxy) is 1. The molecule has 2 rings (SSSR count). The van der Waals surface area contributed by atoms with E-state index in [9.17, 15) is 9.18 Å². The number of methoxy groups -OCH3 is 1. The number of nitrogens with two attached hydrogens (primary N) is 1. The first-order valence-electron chi connectivity index (χ1n) is 5.51. The molecule has 0 aliphatic rings. The van der Waals surface area contributed by atoms with E-state index < -0.39 is 11.7 Å². The van der Waals surface area contributed by atoms with Gasteiger partial charge in [-0.05, 0) is 12.1 Å². The number of rotatable bonds is 4. The Kier molecular flexibility index (Phi) is 3.94. The van der Waals surface area contributed by atoms with Crippen molar-refractivity contribution in [2.75, 3.05) is 12.4 Å². The van der Waals surface area contributed by atoms with Crippen molar-refractivity contribution in [1.29, 1.82) is 0 Å². The van der Waals surface area contributed by atoms with Crippen LogP contribution in [0.3, 0.4) is 0 Å². The second kappa shape index (κ2) is 5.66. The number of amides is 1. The molecule has 104 valence electrons. The summed E-state index contributed by atoms with van der Waals surface area (Å²) in [5.74, 6) is -1.06. The number of halogens is 1. The number of H-pyrrole nitrogens is 1. The largest absolute Gasteiger partial charge is 0.496 e. The summed E-state index contributed by atoms with van der Waals surface area (Å²) in [5, 5.41) is 8.71. The van der Waals surface area contributed by atoms with Crippen molar-refractivity contribution in [2.24, 2.45) is 5.73 Å². The molecule has 1 amide bonds. The molecule has 1 aromatic heterocycles. The Bertz CT molecular complexity index is 671. The van der Waals surface area contributed by atoms with Crippen LogP contribution in [0.5, 0.6) is 5.75 Å². The zero-order valence-corrected chi connectivity index (χ0v) is 11.3. The van der Waals surface area contributed by atoms with Gasteiger partial charge in [-0.3, -0.25) is 9.89 Å². The molecule has 0 spiro atoms. The van der Waals surface area contributed by atoms with Gasteiger partial charge in [-0.25, -0.2) is 4.39 Å². The van der Waals surface area contributed by atoms with E-state index >= 15 is 0 Å². The lowest BCUT2D eigenvalue weighted by molar-refractivity contribution is 0.101. The standard InChI is InChI=1S/C12H11FN4O2S/c1-19-8-4-2-3-7(13)9(8)12(18)16-11-6(10(14)20)5-15-17-11/h2-5H,1H3,(H2,14,20)(H2,15,16,17,18). The number of thiocarbonyl (C=S) groups is 1. The number of carbonyl (C=O) groups is 1. The average Bonchev–Trinajstić information content (AvgIpc) is 2.86. The normalized spacial score (nSPS) is 10.1. The summed E-state index contributed by atoms with van der Waals surface area (Å²) in [5.41, 5.74) is 5.64. The number of hydrogen-bond donors (Lipinski definition) is 3. The maximum absolute atomic E-state index is 13.8. The number of benzene rings is 1. The smallest absolute Gasteiger partial charge is 0.263 e. The topological polar surface area (TPSA) is 93.0 Å². The number of hydrogen-bond acceptors (Lipinski definition) is 4. The SMILES string of the molecule is COc1cccc(F)c1C(=O)Nc1[nH]ncc1C(N)=S. The Labute approximate surface area is 119 Å². The van der Waals surface area contributed by atoms with E-state index in [4.69, 9.17) is 22.7 Å². The third-order valence-electron chi connectivity index (χ3n) is 2.57. The minimum atomic E-state index is -0.696. The van der Waals surface area contributed by atoms with Crippen LogP contribution in [0.4, 0.5) is 10.2 Å². The van der Waals surface area contributed by atoms with Gasteiger partial charge in [0.15, 0.2) is 0 Å². The predicted molar refractivity (Wildman–Crippen MR) is 75.4 cm³/mol. The monoisotopic (exact) mass is 294 g/mol. The highest BCUT2D eigenvalue weighted by Gasteiger charge is 2.19. The van der Waals surface area contributed by atoms with Crippen molar-refractivity contribution in [3.63, 3.8) is 0 Å². The summed E-state index contributed by atoms with van der Waals surface area (Å²) in [6.07, 6.45) is 1.37. The van der Waals surface area contributed by atoms with E-state index in [1.807, 2.05) is 0 Å². The first-order valence-corrected chi connectivity index (χ1v) is 5.92. The lowest BCUT2D eigenvalue weighted by atomic mass is 10.1. The Balaban J connectivity index is 2.33. The minimum absolute atomic E-state index is 0.0644.